The van der Waals surface area contributed by atoms with Crippen molar-refractivity contribution in [2.45, 2.75) is 26.2 Å². The van der Waals surface area contributed by atoms with Gasteiger partial charge in [0.1, 0.15) is 0 Å². The summed E-state index contributed by atoms with van der Waals surface area (Å²) in [6, 6.07) is 0. The van der Waals surface area contributed by atoms with Crippen molar-refractivity contribution in [1.29, 1.82) is 0 Å². The Morgan fingerprint density at radius 3 is 2.47 bits per heavy atom. The Bertz CT molecular complexity index is 402. The molecule has 80 valence electrons. The van der Waals surface area contributed by atoms with Crippen LogP contribution in [0.2, 0.25) is 0 Å². The minimum atomic E-state index is -0.756. The summed E-state index contributed by atoms with van der Waals surface area (Å²) in [5.74, 6) is -1.13. The van der Waals surface area contributed by atoms with E-state index < -0.39 is 11.4 Å². The van der Waals surface area contributed by atoms with Gasteiger partial charge >= 0.3 is 5.97 Å². The molecule has 0 spiro atoms. The molecule has 0 bridgehead atoms. The average Bonchev–Trinajstić information content (AvgIpc) is 2.64. The Hall–Kier alpha value is -1.45. The predicted molar refractivity (Wildman–Crippen MR) is 54.3 cm³/mol. The van der Waals surface area contributed by atoms with E-state index in [2.05, 4.69) is 9.97 Å². The second-order valence-electron chi connectivity index (χ2n) is 4.79. The monoisotopic (exact) mass is 206 g/mol. The Kier molecular flexibility index (Phi) is 1.87. The van der Waals surface area contributed by atoms with Gasteiger partial charge in [-0.25, -0.2) is 0 Å². The molecule has 1 aromatic rings. The molecule has 1 fully saturated rings. The quantitative estimate of drug-likeness (QED) is 0.796. The number of carbonyl (C=O) groups is 1. The minimum Gasteiger partial charge on any atom is -0.481 e. The lowest BCUT2D eigenvalue weighted by Gasteiger charge is -2.12. The zero-order valence-corrected chi connectivity index (χ0v) is 9.06. The molecule has 4 heteroatoms. The lowest BCUT2D eigenvalue weighted by atomic mass is 9.95. The van der Waals surface area contributed by atoms with Gasteiger partial charge in [0, 0.05) is 24.0 Å². The predicted octanol–water partition coefficient (Wildman–Crippen LogP) is 1.47. The molecule has 1 aliphatic rings. The second-order valence-corrected chi connectivity index (χ2v) is 4.79. The normalized spacial score (nSPS) is 32.3. The number of rotatable bonds is 2. The zero-order chi connectivity index (χ0) is 11.3. The van der Waals surface area contributed by atoms with Crippen LogP contribution in [-0.4, -0.2) is 21.0 Å². The second kappa shape index (κ2) is 2.78. The molecule has 1 saturated carbocycles. The number of carboxylic acid groups (broad SMARTS) is 1. The van der Waals surface area contributed by atoms with Crippen molar-refractivity contribution in [3.05, 3.63) is 24.3 Å². The summed E-state index contributed by atoms with van der Waals surface area (Å²) in [7, 11) is 0. The third-order valence-electron chi connectivity index (χ3n) is 3.90. The van der Waals surface area contributed by atoms with Crippen LogP contribution in [0.3, 0.4) is 0 Å². The van der Waals surface area contributed by atoms with Crippen molar-refractivity contribution in [1.82, 2.24) is 9.97 Å². The number of carboxylic acids is 1. The van der Waals surface area contributed by atoms with Gasteiger partial charge < -0.3 is 5.11 Å². The van der Waals surface area contributed by atoms with Gasteiger partial charge in [-0.3, -0.25) is 14.8 Å². The third kappa shape index (κ3) is 1.11. The molecule has 2 atom stereocenters. The molecular weight excluding hydrogens is 192 g/mol. The van der Waals surface area contributed by atoms with Crippen LogP contribution in [0.4, 0.5) is 0 Å². The standard InChI is InChI=1S/C11H14N2O2/c1-10(2)8(9(14)15)11(10,3)7-6-12-4-5-13-7/h4-6,8H,1-3H3,(H,14,15). The van der Waals surface area contributed by atoms with E-state index in [4.69, 9.17) is 5.11 Å². The van der Waals surface area contributed by atoms with Crippen LogP contribution in [0.5, 0.6) is 0 Å². The minimum absolute atomic E-state index is 0.255. The van der Waals surface area contributed by atoms with E-state index >= 15 is 0 Å². The van der Waals surface area contributed by atoms with Gasteiger partial charge in [0.15, 0.2) is 0 Å². The first-order chi connectivity index (χ1) is 6.92. The van der Waals surface area contributed by atoms with Gasteiger partial charge in [0.05, 0.1) is 11.6 Å². The Labute approximate surface area is 88.4 Å². The van der Waals surface area contributed by atoms with Crippen molar-refractivity contribution in [2.24, 2.45) is 11.3 Å². The van der Waals surface area contributed by atoms with E-state index in [0.29, 0.717) is 0 Å². The summed E-state index contributed by atoms with van der Waals surface area (Å²) < 4.78 is 0. The summed E-state index contributed by atoms with van der Waals surface area (Å²) in [5, 5.41) is 9.14. The van der Waals surface area contributed by atoms with Crippen LogP contribution in [0.1, 0.15) is 26.5 Å². The van der Waals surface area contributed by atoms with E-state index in [9.17, 15) is 4.79 Å². The van der Waals surface area contributed by atoms with Gasteiger partial charge in [-0.15, -0.1) is 0 Å². The molecule has 2 unspecified atom stereocenters. The highest BCUT2D eigenvalue weighted by Crippen LogP contribution is 2.68. The number of nitrogens with zero attached hydrogens (tertiary/aromatic N) is 2. The molecule has 0 aromatic carbocycles. The molecule has 1 N–H and O–H groups in total. The molecule has 1 aromatic heterocycles. The fraction of sp³-hybridized carbons (Fsp3) is 0.545. The maximum atomic E-state index is 11.1. The molecule has 1 heterocycles. The maximum Gasteiger partial charge on any atom is 0.308 e. The third-order valence-corrected chi connectivity index (χ3v) is 3.90. The molecule has 0 aliphatic heterocycles. The molecule has 15 heavy (non-hydrogen) atoms. The number of aromatic nitrogens is 2. The summed E-state index contributed by atoms with van der Waals surface area (Å²) >= 11 is 0. The highest BCUT2D eigenvalue weighted by molar-refractivity contribution is 5.79. The fourth-order valence-corrected chi connectivity index (χ4v) is 2.58. The van der Waals surface area contributed by atoms with Crippen molar-refractivity contribution < 1.29 is 9.90 Å². The number of hydrogen-bond acceptors (Lipinski definition) is 3. The van der Waals surface area contributed by atoms with Crippen LogP contribution in [0, 0.1) is 11.3 Å². The molecule has 0 saturated heterocycles. The van der Waals surface area contributed by atoms with E-state index in [0.717, 1.165) is 5.69 Å². The highest BCUT2D eigenvalue weighted by Gasteiger charge is 2.73. The maximum absolute atomic E-state index is 11.1. The molecule has 4 nitrogen and oxygen atoms in total. The largest absolute Gasteiger partial charge is 0.481 e. The molecule has 0 amide bonds. The van der Waals surface area contributed by atoms with Gasteiger partial charge in [-0.05, 0) is 5.41 Å². The van der Waals surface area contributed by atoms with Crippen molar-refractivity contribution in [3.8, 4) is 0 Å². The van der Waals surface area contributed by atoms with Crippen LogP contribution in [0.25, 0.3) is 0 Å². The Morgan fingerprint density at radius 1 is 1.40 bits per heavy atom. The van der Waals surface area contributed by atoms with Crippen LogP contribution >= 0.6 is 0 Å². The lowest BCUT2D eigenvalue weighted by molar-refractivity contribution is -0.139. The summed E-state index contributed by atoms with van der Waals surface area (Å²) in [6.07, 6.45) is 4.86. The summed E-state index contributed by atoms with van der Waals surface area (Å²) in [4.78, 5) is 19.3. The SMILES string of the molecule is CC1(C)C(C(=O)O)C1(C)c1cnccn1. The van der Waals surface area contributed by atoms with E-state index in [1.807, 2.05) is 20.8 Å². The van der Waals surface area contributed by atoms with Gasteiger partial charge in [0.2, 0.25) is 0 Å². The Balaban J connectivity index is 2.43. The van der Waals surface area contributed by atoms with Crippen molar-refractivity contribution >= 4 is 5.97 Å². The smallest absolute Gasteiger partial charge is 0.308 e. The molecule has 2 rings (SSSR count). The first-order valence-corrected chi connectivity index (χ1v) is 4.91. The van der Waals surface area contributed by atoms with Crippen LogP contribution in [-0.2, 0) is 10.2 Å². The summed E-state index contributed by atoms with van der Waals surface area (Å²) in [5.41, 5.74) is 0.115. The van der Waals surface area contributed by atoms with E-state index in [1.165, 1.54) is 0 Å². The van der Waals surface area contributed by atoms with Gasteiger partial charge in [-0.2, -0.15) is 0 Å². The lowest BCUT2D eigenvalue weighted by Crippen LogP contribution is -2.14. The first kappa shape index (κ1) is 10.1. The van der Waals surface area contributed by atoms with Gasteiger partial charge in [-0.1, -0.05) is 20.8 Å². The van der Waals surface area contributed by atoms with E-state index in [-0.39, 0.29) is 11.3 Å². The topological polar surface area (TPSA) is 63.1 Å². The van der Waals surface area contributed by atoms with Gasteiger partial charge in [0.25, 0.3) is 0 Å². The van der Waals surface area contributed by atoms with Crippen molar-refractivity contribution in [2.75, 3.05) is 0 Å². The Morgan fingerprint density at radius 2 is 2.07 bits per heavy atom. The van der Waals surface area contributed by atoms with Crippen molar-refractivity contribution in [3.63, 3.8) is 0 Å². The number of hydrogen-bond donors (Lipinski definition) is 1. The highest BCUT2D eigenvalue weighted by atomic mass is 16.4. The fourth-order valence-electron chi connectivity index (χ4n) is 2.58. The molecule has 0 radical (unpaired) electrons. The average molecular weight is 206 g/mol. The molecule has 1 aliphatic carbocycles. The zero-order valence-electron chi connectivity index (χ0n) is 9.06. The summed E-state index contributed by atoms with van der Waals surface area (Å²) in [6.45, 7) is 5.86. The van der Waals surface area contributed by atoms with Crippen LogP contribution in [0.15, 0.2) is 18.6 Å². The first-order valence-electron chi connectivity index (χ1n) is 4.91. The number of aliphatic carboxylic acids is 1. The van der Waals surface area contributed by atoms with Crippen LogP contribution < -0.4 is 0 Å². The van der Waals surface area contributed by atoms with E-state index in [1.54, 1.807) is 18.6 Å². The molecular formula is C11H14N2O2.